The van der Waals surface area contributed by atoms with Crippen molar-refractivity contribution in [3.63, 3.8) is 0 Å². The third-order valence-electron chi connectivity index (χ3n) is 6.83. The minimum atomic E-state index is -0.179. The van der Waals surface area contributed by atoms with Crippen LogP contribution in [0.25, 0.3) is 0 Å². The molecule has 0 radical (unpaired) electrons. The highest BCUT2D eigenvalue weighted by molar-refractivity contribution is 7.97. The first-order valence-corrected chi connectivity index (χ1v) is 16.2. The van der Waals surface area contributed by atoms with Gasteiger partial charge in [-0.2, -0.15) is 0 Å². The Kier molecular flexibility index (Phi) is 8.27. The van der Waals surface area contributed by atoms with Gasteiger partial charge in [-0.25, -0.2) is 0 Å². The van der Waals surface area contributed by atoms with Gasteiger partial charge in [0.25, 0.3) is 0 Å². The van der Waals surface area contributed by atoms with E-state index in [1.807, 2.05) is 0 Å². The topological polar surface area (TPSA) is 9.23 Å². The van der Waals surface area contributed by atoms with Gasteiger partial charge in [-0.1, -0.05) is 71.8 Å². The van der Waals surface area contributed by atoms with Gasteiger partial charge in [-0.15, -0.1) is 0 Å². The van der Waals surface area contributed by atoms with Gasteiger partial charge >= 0.3 is 0 Å². The quantitative estimate of drug-likeness (QED) is 0.166. The van der Waals surface area contributed by atoms with Gasteiger partial charge in [0.05, 0.1) is 21.8 Å². The first kappa shape index (κ1) is 27.0. The predicted molar refractivity (Wildman–Crippen MR) is 173 cm³/mol. The lowest BCUT2D eigenvalue weighted by Gasteiger charge is -2.11. The molecule has 0 N–H and O–H groups in total. The zero-order chi connectivity index (χ0) is 28.0. The average molecular weight is 569 g/mol. The second-order valence-electron chi connectivity index (χ2n) is 9.91. The van der Waals surface area contributed by atoms with Crippen LogP contribution >= 0.6 is 0 Å². The maximum absolute atomic E-state index is 6.31. The van der Waals surface area contributed by atoms with Gasteiger partial charge in [-0.3, -0.25) is 0 Å². The fourth-order valence-electron chi connectivity index (χ4n) is 4.70. The first-order chi connectivity index (χ1) is 20.1. The van der Waals surface area contributed by atoms with Crippen LogP contribution in [0, 0.1) is 13.8 Å². The highest BCUT2D eigenvalue weighted by Crippen LogP contribution is 2.35. The van der Waals surface area contributed by atoms with Gasteiger partial charge in [0, 0.05) is 0 Å². The van der Waals surface area contributed by atoms with Gasteiger partial charge in [0.1, 0.15) is 11.5 Å². The molecule has 6 aromatic rings. The highest BCUT2D eigenvalue weighted by Gasteiger charge is 2.29. The van der Waals surface area contributed by atoms with Crippen LogP contribution in [-0.2, 0) is 21.8 Å². The molecule has 2 unspecified atom stereocenters. The molecule has 0 aliphatic carbocycles. The van der Waals surface area contributed by atoms with Crippen molar-refractivity contribution in [2.24, 2.45) is 0 Å². The van der Waals surface area contributed by atoms with Crippen molar-refractivity contribution in [3.8, 4) is 11.5 Å². The molecule has 0 aliphatic heterocycles. The van der Waals surface area contributed by atoms with Crippen molar-refractivity contribution in [2.75, 3.05) is 0 Å². The number of benzene rings is 6. The predicted octanol–water partition coefficient (Wildman–Crippen LogP) is 10.3. The summed E-state index contributed by atoms with van der Waals surface area (Å²) in [7, 11) is -0.358. The molecular formula is C38H32OS2+2. The van der Waals surface area contributed by atoms with Crippen molar-refractivity contribution in [3.05, 3.63) is 169 Å². The van der Waals surface area contributed by atoms with E-state index in [-0.39, 0.29) is 21.8 Å². The van der Waals surface area contributed by atoms with Gasteiger partial charge < -0.3 is 4.74 Å². The summed E-state index contributed by atoms with van der Waals surface area (Å²) in [5, 5.41) is 0. The summed E-state index contributed by atoms with van der Waals surface area (Å²) in [6, 6.07) is 56.4. The number of rotatable bonds is 8. The largest absolute Gasteiger partial charge is 0.457 e. The molecule has 41 heavy (non-hydrogen) atoms. The normalized spacial score (nSPS) is 12.4. The third-order valence-corrected chi connectivity index (χ3v) is 11.3. The Morgan fingerprint density at radius 1 is 0.317 bits per heavy atom. The minimum Gasteiger partial charge on any atom is -0.457 e. The first-order valence-electron chi connectivity index (χ1n) is 13.7. The summed E-state index contributed by atoms with van der Waals surface area (Å²) in [5.41, 5.74) is 2.55. The van der Waals surface area contributed by atoms with Crippen LogP contribution in [0.4, 0.5) is 0 Å². The highest BCUT2D eigenvalue weighted by atomic mass is 32.2. The molecule has 200 valence electrons. The van der Waals surface area contributed by atoms with E-state index in [0.717, 1.165) is 11.5 Å². The Hall–Kier alpha value is -4.18. The van der Waals surface area contributed by atoms with E-state index < -0.39 is 0 Å². The SMILES string of the molecule is Cc1ccc([S+](c2ccccc2)c2ccc(Oc3ccc([S+](c4ccccc4)c4ccc(C)cc4)cc3)cc2)cc1. The summed E-state index contributed by atoms with van der Waals surface area (Å²) in [5.74, 6) is 1.67. The molecule has 0 spiro atoms. The molecule has 0 bridgehead atoms. The van der Waals surface area contributed by atoms with E-state index in [0.29, 0.717) is 0 Å². The monoisotopic (exact) mass is 568 g/mol. The van der Waals surface area contributed by atoms with Crippen LogP contribution in [0.5, 0.6) is 11.5 Å². The van der Waals surface area contributed by atoms with E-state index in [1.54, 1.807) is 0 Å². The second-order valence-corrected chi connectivity index (χ2v) is 14.0. The fraction of sp³-hybridized carbons (Fsp3) is 0.0526. The summed E-state index contributed by atoms with van der Waals surface area (Å²) < 4.78 is 6.31. The molecule has 0 aliphatic rings. The van der Waals surface area contributed by atoms with Crippen LogP contribution in [0.1, 0.15) is 11.1 Å². The Morgan fingerprint density at radius 2 is 0.585 bits per heavy atom. The summed E-state index contributed by atoms with van der Waals surface area (Å²) >= 11 is 0. The maximum atomic E-state index is 6.31. The van der Waals surface area contributed by atoms with Crippen LogP contribution in [0.2, 0.25) is 0 Å². The zero-order valence-corrected chi connectivity index (χ0v) is 24.9. The van der Waals surface area contributed by atoms with Gasteiger partial charge in [0.15, 0.2) is 29.4 Å². The average Bonchev–Trinajstić information content (AvgIpc) is 3.02. The zero-order valence-electron chi connectivity index (χ0n) is 23.2. The standard InChI is InChI=1S/C38H32OS2/c1-29-13-21-35(22-14-29)40(33-9-5-3-6-10-33)37-25-17-31(18-26-37)39-32-19-27-38(28-20-32)41(34-11-7-4-8-12-34)36-23-15-30(2)16-24-36/h3-28H,1-2H3/q+2. The summed E-state index contributed by atoms with van der Waals surface area (Å²) in [4.78, 5) is 7.79. The smallest absolute Gasteiger partial charge is 0.166 e. The molecule has 0 amide bonds. The maximum Gasteiger partial charge on any atom is 0.166 e. The van der Waals surface area contributed by atoms with Crippen LogP contribution < -0.4 is 4.74 Å². The van der Waals surface area contributed by atoms with E-state index in [2.05, 4.69) is 172 Å². The van der Waals surface area contributed by atoms with E-state index in [9.17, 15) is 0 Å². The summed E-state index contributed by atoms with van der Waals surface area (Å²) in [6.07, 6.45) is 0. The summed E-state index contributed by atoms with van der Waals surface area (Å²) in [6.45, 7) is 4.27. The minimum absolute atomic E-state index is 0.179. The van der Waals surface area contributed by atoms with Crippen molar-refractivity contribution in [2.45, 2.75) is 43.2 Å². The van der Waals surface area contributed by atoms with Gasteiger partial charge in [-0.05, 0) is 111 Å². The molecule has 6 rings (SSSR count). The second kappa shape index (κ2) is 12.6. The fourth-order valence-corrected chi connectivity index (χ4v) is 8.83. The Morgan fingerprint density at radius 3 is 0.902 bits per heavy atom. The lowest BCUT2D eigenvalue weighted by atomic mass is 10.2. The Balaban J connectivity index is 1.24. The van der Waals surface area contributed by atoms with E-state index in [4.69, 9.17) is 4.74 Å². The van der Waals surface area contributed by atoms with E-state index >= 15 is 0 Å². The van der Waals surface area contributed by atoms with Crippen molar-refractivity contribution in [1.82, 2.24) is 0 Å². The lowest BCUT2D eigenvalue weighted by Crippen LogP contribution is -2.05. The molecular weight excluding hydrogens is 537 g/mol. The molecule has 0 saturated heterocycles. The molecule has 6 aromatic carbocycles. The van der Waals surface area contributed by atoms with Gasteiger partial charge in [0.2, 0.25) is 0 Å². The molecule has 1 nitrogen and oxygen atoms in total. The van der Waals surface area contributed by atoms with Crippen LogP contribution in [0.3, 0.4) is 0 Å². The van der Waals surface area contributed by atoms with Crippen molar-refractivity contribution in [1.29, 1.82) is 0 Å². The number of hydrogen-bond acceptors (Lipinski definition) is 1. The van der Waals surface area contributed by atoms with Crippen molar-refractivity contribution >= 4 is 21.8 Å². The molecule has 3 heteroatoms. The lowest BCUT2D eigenvalue weighted by molar-refractivity contribution is 0.482. The van der Waals surface area contributed by atoms with Crippen LogP contribution in [-0.4, -0.2) is 0 Å². The number of hydrogen-bond donors (Lipinski definition) is 0. The van der Waals surface area contributed by atoms with E-state index in [1.165, 1.54) is 40.5 Å². The number of aryl methyl sites for hydroxylation is 2. The number of ether oxygens (including phenoxy) is 1. The molecule has 0 fully saturated rings. The molecule has 2 atom stereocenters. The molecule has 0 aromatic heterocycles. The third kappa shape index (κ3) is 6.43. The van der Waals surface area contributed by atoms with Crippen LogP contribution in [0.15, 0.2) is 187 Å². The Bertz CT molecular complexity index is 1550. The van der Waals surface area contributed by atoms with Crippen molar-refractivity contribution < 1.29 is 4.74 Å². The molecule has 0 saturated carbocycles. The molecule has 0 heterocycles. The Labute approximate surface area is 249 Å².